The van der Waals surface area contributed by atoms with E-state index in [1.165, 1.54) is 19.0 Å². The highest BCUT2D eigenvalue weighted by atomic mass is 35.5. The molecule has 0 amide bonds. The molecule has 2 N–H and O–H groups in total. The highest BCUT2D eigenvalue weighted by Gasteiger charge is 2.12. The lowest BCUT2D eigenvalue weighted by atomic mass is 9.98. The second-order valence-corrected chi connectivity index (χ2v) is 4.19. The van der Waals surface area contributed by atoms with Gasteiger partial charge in [0.25, 0.3) is 0 Å². The van der Waals surface area contributed by atoms with Crippen molar-refractivity contribution in [2.45, 2.75) is 12.8 Å². The van der Waals surface area contributed by atoms with Gasteiger partial charge in [0.2, 0.25) is 0 Å². The number of aromatic nitrogens is 2. The largest absolute Gasteiger partial charge is 0.368 e. The summed E-state index contributed by atoms with van der Waals surface area (Å²) in [6, 6.07) is 0. The van der Waals surface area contributed by atoms with Crippen molar-refractivity contribution in [1.29, 1.82) is 0 Å². The van der Waals surface area contributed by atoms with Crippen LogP contribution in [0.5, 0.6) is 0 Å². The summed E-state index contributed by atoms with van der Waals surface area (Å²) in [6.45, 7) is 3.19. The van der Waals surface area contributed by atoms with Gasteiger partial charge in [-0.25, -0.2) is 4.98 Å². The lowest BCUT2D eigenvalue weighted by Gasteiger charge is -2.22. The van der Waals surface area contributed by atoms with Crippen molar-refractivity contribution < 1.29 is 0 Å². The summed E-state index contributed by atoms with van der Waals surface area (Å²) < 4.78 is 0. The van der Waals surface area contributed by atoms with E-state index in [1.807, 2.05) is 0 Å². The quantitative estimate of drug-likeness (QED) is 0.821. The monoisotopic (exact) mass is 226 g/mol. The molecule has 0 atom stereocenters. The predicted molar refractivity (Wildman–Crippen MR) is 61.1 cm³/mol. The molecule has 0 spiro atoms. The van der Waals surface area contributed by atoms with Crippen molar-refractivity contribution in [3.8, 4) is 0 Å². The summed E-state index contributed by atoms with van der Waals surface area (Å²) >= 11 is 5.74. The molecule has 1 aliphatic heterocycles. The fourth-order valence-electron chi connectivity index (χ4n) is 1.76. The second kappa shape index (κ2) is 5.28. The van der Waals surface area contributed by atoms with Crippen LogP contribution in [0.15, 0.2) is 12.4 Å². The van der Waals surface area contributed by atoms with Crippen LogP contribution in [0.2, 0.25) is 5.15 Å². The zero-order valence-corrected chi connectivity index (χ0v) is 9.30. The Labute approximate surface area is 94.5 Å². The molecular formula is C10H15ClN4. The highest BCUT2D eigenvalue weighted by Crippen LogP contribution is 2.13. The second-order valence-electron chi connectivity index (χ2n) is 3.80. The number of piperidine rings is 1. The molecule has 1 fully saturated rings. The molecule has 0 aliphatic carbocycles. The Morgan fingerprint density at radius 3 is 2.93 bits per heavy atom. The zero-order chi connectivity index (χ0) is 10.5. The molecule has 4 nitrogen and oxygen atoms in total. The minimum Gasteiger partial charge on any atom is -0.368 e. The average Bonchev–Trinajstić information content (AvgIpc) is 2.28. The van der Waals surface area contributed by atoms with Gasteiger partial charge in [0.05, 0.1) is 12.4 Å². The molecule has 2 rings (SSSR count). The van der Waals surface area contributed by atoms with E-state index in [-0.39, 0.29) is 0 Å². The van der Waals surface area contributed by atoms with Crippen molar-refractivity contribution in [2.24, 2.45) is 5.92 Å². The Morgan fingerprint density at radius 1 is 1.40 bits per heavy atom. The number of halogens is 1. The molecule has 82 valence electrons. The van der Waals surface area contributed by atoms with E-state index in [1.54, 1.807) is 6.20 Å². The Morgan fingerprint density at radius 2 is 2.20 bits per heavy atom. The SMILES string of the molecule is Clc1cncc(NCC2CCNCC2)n1. The van der Waals surface area contributed by atoms with Crippen LogP contribution >= 0.6 is 11.6 Å². The molecule has 1 aliphatic rings. The van der Waals surface area contributed by atoms with Crippen molar-refractivity contribution >= 4 is 17.4 Å². The van der Waals surface area contributed by atoms with Crippen molar-refractivity contribution in [1.82, 2.24) is 15.3 Å². The van der Waals surface area contributed by atoms with E-state index >= 15 is 0 Å². The summed E-state index contributed by atoms with van der Waals surface area (Å²) in [7, 11) is 0. The molecule has 0 aromatic carbocycles. The van der Waals surface area contributed by atoms with Gasteiger partial charge >= 0.3 is 0 Å². The minimum atomic E-state index is 0.435. The first-order valence-corrected chi connectivity index (χ1v) is 5.64. The minimum absolute atomic E-state index is 0.435. The number of rotatable bonds is 3. The Kier molecular flexibility index (Phi) is 3.75. The van der Waals surface area contributed by atoms with E-state index in [2.05, 4.69) is 20.6 Å². The normalized spacial score (nSPS) is 17.7. The van der Waals surface area contributed by atoms with Crippen LogP contribution in [0.4, 0.5) is 5.82 Å². The van der Waals surface area contributed by atoms with Crippen LogP contribution in [0.25, 0.3) is 0 Å². The van der Waals surface area contributed by atoms with E-state index in [0.29, 0.717) is 5.15 Å². The number of nitrogens with zero attached hydrogens (tertiary/aromatic N) is 2. The number of hydrogen-bond donors (Lipinski definition) is 2. The first-order valence-electron chi connectivity index (χ1n) is 5.27. The molecule has 15 heavy (non-hydrogen) atoms. The fraction of sp³-hybridized carbons (Fsp3) is 0.600. The number of hydrogen-bond acceptors (Lipinski definition) is 4. The third-order valence-electron chi connectivity index (χ3n) is 2.64. The van der Waals surface area contributed by atoms with Crippen LogP contribution in [0.1, 0.15) is 12.8 Å². The van der Waals surface area contributed by atoms with Gasteiger partial charge in [-0.3, -0.25) is 4.98 Å². The molecular weight excluding hydrogens is 212 g/mol. The molecule has 1 aromatic heterocycles. The maximum Gasteiger partial charge on any atom is 0.149 e. The van der Waals surface area contributed by atoms with Crippen LogP contribution in [0.3, 0.4) is 0 Å². The van der Waals surface area contributed by atoms with Gasteiger partial charge in [0.1, 0.15) is 11.0 Å². The summed E-state index contributed by atoms with van der Waals surface area (Å²) in [5.41, 5.74) is 0. The lowest BCUT2D eigenvalue weighted by molar-refractivity contribution is 0.389. The van der Waals surface area contributed by atoms with Crippen molar-refractivity contribution in [2.75, 3.05) is 25.0 Å². The van der Waals surface area contributed by atoms with Crippen LogP contribution < -0.4 is 10.6 Å². The number of nitrogens with one attached hydrogen (secondary N) is 2. The molecule has 1 aromatic rings. The highest BCUT2D eigenvalue weighted by molar-refractivity contribution is 6.29. The fourth-order valence-corrected chi connectivity index (χ4v) is 1.91. The van der Waals surface area contributed by atoms with E-state index in [4.69, 9.17) is 11.6 Å². The Hall–Kier alpha value is -0.870. The van der Waals surface area contributed by atoms with E-state index in [0.717, 1.165) is 31.4 Å². The smallest absolute Gasteiger partial charge is 0.149 e. The van der Waals surface area contributed by atoms with Gasteiger partial charge in [-0.1, -0.05) is 11.6 Å². The van der Waals surface area contributed by atoms with Gasteiger partial charge in [-0.2, -0.15) is 0 Å². The maximum absolute atomic E-state index is 5.74. The topological polar surface area (TPSA) is 49.8 Å². The predicted octanol–water partition coefficient (Wildman–Crippen LogP) is 1.54. The van der Waals surface area contributed by atoms with Gasteiger partial charge < -0.3 is 10.6 Å². The van der Waals surface area contributed by atoms with Crippen LogP contribution in [-0.4, -0.2) is 29.6 Å². The van der Waals surface area contributed by atoms with Crippen molar-refractivity contribution in [3.63, 3.8) is 0 Å². The number of anilines is 1. The average molecular weight is 227 g/mol. The molecule has 1 saturated heterocycles. The van der Waals surface area contributed by atoms with Gasteiger partial charge in [0.15, 0.2) is 0 Å². The molecule has 5 heteroatoms. The van der Waals surface area contributed by atoms with Crippen molar-refractivity contribution in [3.05, 3.63) is 17.5 Å². The Balaban J connectivity index is 1.81. The lowest BCUT2D eigenvalue weighted by Crippen LogP contribution is -2.31. The summed E-state index contributed by atoms with van der Waals surface area (Å²) in [5, 5.41) is 7.05. The van der Waals surface area contributed by atoms with Gasteiger partial charge in [-0.15, -0.1) is 0 Å². The molecule has 0 saturated carbocycles. The molecule has 0 unspecified atom stereocenters. The van der Waals surface area contributed by atoms with Gasteiger partial charge in [-0.05, 0) is 31.8 Å². The summed E-state index contributed by atoms with van der Waals surface area (Å²) in [5.74, 6) is 1.49. The van der Waals surface area contributed by atoms with Gasteiger partial charge in [0, 0.05) is 6.54 Å². The molecule has 0 radical (unpaired) electrons. The van der Waals surface area contributed by atoms with Crippen LogP contribution in [-0.2, 0) is 0 Å². The van der Waals surface area contributed by atoms with Crippen LogP contribution in [0, 0.1) is 5.92 Å². The maximum atomic E-state index is 5.74. The summed E-state index contributed by atoms with van der Waals surface area (Å²) in [4.78, 5) is 8.11. The van der Waals surface area contributed by atoms with E-state index < -0.39 is 0 Å². The standard InChI is InChI=1S/C10H15ClN4/c11-9-6-13-7-10(15-9)14-5-8-1-3-12-4-2-8/h6-8,12H,1-5H2,(H,14,15). The first-order chi connectivity index (χ1) is 7.34. The third-order valence-corrected chi connectivity index (χ3v) is 2.82. The van der Waals surface area contributed by atoms with E-state index in [9.17, 15) is 0 Å². The zero-order valence-electron chi connectivity index (χ0n) is 8.54. The summed E-state index contributed by atoms with van der Waals surface area (Å²) in [6.07, 6.45) is 5.69. The third kappa shape index (κ3) is 3.32. The molecule has 0 bridgehead atoms. The first kappa shape index (κ1) is 10.6. The Bertz CT molecular complexity index is 312. The molecule has 2 heterocycles.